The lowest BCUT2D eigenvalue weighted by Gasteiger charge is -2.04. The van der Waals surface area contributed by atoms with Crippen LogP contribution in [0, 0.1) is 6.92 Å². The summed E-state index contributed by atoms with van der Waals surface area (Å²) >= 11 is 0. The molecule has 0 radical (unpaired) electrons. The molecule has 2 aromatic heterocycles. The Morgan fingerprint density at radius 1 is 1.44 bits per heavy atom. The molecule has 0 aliphatic carbocycles. The van der Waals surface area contributed by atoms with Gasteiger partial charge in [-0.15, -0.1) is 0 Å². The second kappa shape index (κ2) is 4.09. The maximum absolute atomic E-state index is 11.4. The SMILES string of the molecule is Cc1cc(N)nc(Cn2cnccc2=O)n1. The van der Waals surface area contributed by atoms with Gasteiger partial charge in [-0.05, 0) is 6.92 Å². The summed E-state index contributed by atoms with van der Waals surface area (Å²) in [6.45, 7) is 2.10. The van der Waals surface area contributed by atoms with Crippen molar-refractivity contribution in [3.63, 3.8) is 0 Å². The van der Waals surface area contributed by atoms with Gasteiger partial charge < -0.3 is 5.73 Å². The Morgan fingerprint density at radius 3 is 2.94 bits per heavy atom. The van der Waals surface area contributed by atoms with Crippen LogP contribution in [-0.4, -0.2) is 19.5 Å². The van der Waals surface area contributed by atoms with Crippen LogP contribution in [0.1, 0.15) is 11.5 Å². The van der Waals surface area contributed by atoms with Crippen molar-refractivity contribution in [2.24, 2.45) is 0 Å². The predicted octanol–water partition coefficient (Wildman–Crippen LogP) is -0.0278. The zero-order chi connectivity index (χ0) is 11.5. The van der Waals surface area contributed by atoms with Crippen LogP contribution in [0.2, 0.25) is 0 Å². The molecule has 0 spiro atoms. The van der Waals surface area contributed by atoms with E-state index in [9.17, 15) is 4.79 Å². The lowest BCUT2D eigenvalue weighted by atomic mass is 10.4. The number of nitrogens with two attached hydrogens (primary N) is 1. The van der Waals surface area contributed by atoms with Crippen molar-refractivity contribution in [3.05, 3.63) is 46.5 Å². The summed E-state index contributed by atoms with van der Waals surface area (Å²) in [7, 11) is 0. The van der Waals surface area contributed by atoms with Crippen LogP contribution in [0.5, 0.6) is 0 Å². The van der Waals surface area contributed by atoms with Crippen LogP contribution >= 0.6 is 0 Å². The van der Waals surface area contributed by atoms with E-state index < -0.39 is 0 Å². The Balaban J connectivity index is 2.34. The third-order valence-electron chi connectivity index (χ3n) is 2.02. The standard InChI is InChI=1S/C10H11N5O/c1-7-4-8(11)14-9(13-7)5-15-6-12-3-2-10(15)16/h2-4,6H,5H2,1H3,(H2,11,13,14). The number of rotatable bonds is 2. The second-order valence-corrected chi connectivity index (χ2v) is 3.40. The van der Waals surface area contributed by atoms with Gasteiger partial charge in [-0.1, -0.05) is 0 Å². The molecule has 6 nitrogen and oxygen atoms in total. The number of aryl methyl sites for hydroxylation is 1. The molecule has 0 unspecified atom stereocenters. The van der Waals surface area contributed by atoms with Crippen molar-refractivity contribution in [1.29, 1.82) is 0 Å². The van der Waals surface area contributed by atoms with Crippen LogP contribution in [0.15, 0.2) is 29.5 Å². The molecule has 0 aliphatic rings. The fraction of sp³-hybridized carbons (Fsp3) is 0.200. The minimum Gasteiger partial charge on any atom is -0.384 e. The predicted molar refractivity (Wildman–Crippen MR) is 58.8 cm³/mol. The fourth-order valence-corrected chi connectivity index (χ4v) is 1.38. The molecule has 0 amide bonds. The molecule has 2 heterocycles. The zero-order valence-corrected chi connectivity index (χ0v) is 8.79. The molecule has 0 saturated heterocycles. The van der Waals surface area contributed by atoms with E-state index in [1.165, 1.54) is 23.2 Å². The van der Waals surface area contributed by atoms with Crippen molar-refractivity contribution in [2.75, 3.05) is 5.73 Å². The lowest BCUT2D eigenvalue weighted by Crippen LogP contribution is -2.20. The van der Waals surface area contributed by atoms with Crippen LogP contribution < -0.4 is 11.3 Å². The maximum atomic E-state index is 11.4. The highest BCUT2D eigenvalue weighted by Crippen LogP contribution is 2.02. The first-order chi connectivity index (χ1) is 7.65. The van der Waals surface area contributed by atoms with Crippen molar-refractivity contribution >= 4 is 5.82 Å². The highest BCUT2D eigenvalue weighted by Gasteiger charge is 2.02. The Hall–Kier alpha value is -2.24. The smallest absolute Gasteiger partial charge is 0.253 e. The van der Waals surface area contributed by atoms with E-state index in [-0.39, 0.29) is 12.1 Å². The monoisotopic (exact) mass is 217 g/mol. The van der Waals surface area contributed by atoms with Crippen LogP contribution in [-0.2, 0) is 6.54 Å². The summed E-state index contributed by atoms with van der Waals surface area (Å²) in [4.78, 5) is 23.5. The van der Waals surface area contributed by atoms with E-state index in [4.69, 9.17) is 5.73 Å². The van der Waals surface area contributed by atoms with Crippen LogP contribution in [0.25, 0.3) is 0 Å². The minimum atomic E-state index is -0.140. The van der Waals surface area contributed by atoms with E-state index in [2.05, 4.69) is 15.0 Å². The molecule has 0 aromatic carbocycles. The number of anilines is 1. The summed E-state index contributed by atoms with van der Waals surface area (Å²) in [5, 5.41) is 0. The van der Waals surface area contributed by atoms with Gasteiger partial charge in [0.2, 0.25) is 0 Å². The van der Waals surface area contributed by atoms with Gasteiger partial charge in [0.05, 0.1) is 12.9 Å². The van der Waals surface area contributed by atoms with Crippen molar-refractivity contribution < 1.29 is 0 Å². The Labute approximate surface area is 91.8 Å². The van der Waals surface area contributed by atoms with Gasteiger partial charge in [-0.25, -0.2) is 15.0 Å². The van der Waals surface area contributed by atoms with Crippen LogP contribution in [0.3, 0.4) is 0 Å². The van der Waals surface area contributed by atoms with Crippen molar-refractivity contribution in [3.8, 4) is 0 Å². The highest BCUT2D eigenvalue weighted by atomic mass is 16.1. The molecule has 16 heavy (non-hydrogen) atoms. The molecular formula is C10H11N5O. The molecule has 6 heteroatoms. The van der Waals surface area contributed by atoms with E-state index in [1.54, 1.807) is 6.07 Å². The van der Waals surface area contributed by atoms with Gasteiger partial charge in [-0.3, -0.25) is 9.36 Å². The molecule has 2 N–H and O–H groups in total. The summed E-state index contributed by atoms with van der Waals surface area (Å²) in [5.41, 5.74) is 6.23. The van der Waals surface area contributed by atoms with Gasteiger partial charge in [0.25, 0.3) is 5.56 Å². The normalized spacial score (nSPS) is 10.3. The Bertz CT molecular complexity index is 543. The van der Waals surface area contributed by atoms with Crippen molar-refractivity contribution in [1.82, 2.24) is 19.5 Å². The molecule has 0 bridgehead atoms. The molecule has 82 valence electrons. The first-order valence-corrected chi connectivity index (χ1v) is 4.75. The second-order valence-electron chi connectivity index (χ2n) is 3.40. The Morgan fingerprint density at radius 2 is 2.25 bits per heavy atom. The number of aromatic nitrogens is 4. The van der Waals surface area contributed by atoms with Gasteiger partial charge in [0, 0.05) is 24.0 Å². The summed E-state index contributed by atoms with van der Waals surface area (Å²) in [5.74, 6) is 0.909. The van der Waals surface area contributed by atoms with Gasteiger partial charge in [-0.2, -0.15) is 0 Å². The molecule has 0 aliphatic heterocycles. The molecule has 0 saturated carbocycles. The summed E-state index contributed by atoms with van der Waals surface area (Å²) < 4.78 is 1.42. The van der Waals surface area contributed by atoms with Gasteiger partial charge in [0.15, 0.2) is 5.82 Å². The van der Waals surface area contributed by atoms with E-state index in [1.807, 2.05) is 6.92 Å². The van der Waals surface area contributed by atoms with Gasteiger partial charge >= 0.3 is 0 Å². The highest BCUT2D eigenvalue weighted by molar-refractivity contribution is 5.29. The number of nitrogens with zero attached hydrogens (tertiary/aromatic N) is 4. The lowest BCUT2D eigenvalue weighted by molar-refractivity contribution is 0.695. The van der Waals surface area contributed by atoms with Crippen LogP contribution in [0.4, 0.5) is 5.82 Å². The molecule has 0 atom stereocenters. The topological polar surface area (TPSA) is 86.7 Å². The molecule has 2 aromatic rings. The Kier molecular flexibility index (Phi) is 2.63. The third-order valence-corrected chi connectivity index (χ3v) is 2.02. The minimum absolute atomic E-state index is 0.140. The first-order valence-electron chi connectivity index (χ1n) is 4.75. The van der Waals surface area contributed by atoms with E-state index in [0.717, 1.165) is 5.69 Å². The van der Waals surface area contributed by atoms with E-state index >= 15 is 0 Å². The number of hydrogen-bond donors (Lipinski definition) is 1. The average Bonchev–Trinajstić information content (AvgIpc) is 2.20. The molecular weight excluding hydrogens is 206 g/mol. The molecule has 0 fully saturated rings. The fourth-order valence-electron chi connectivity index (χ4n) is 1.38. The van der Waals surface area contributed by atoms with Crippen molar-refractivity contribution in [2.45, 2.75) is 13.5 Å². The van der Waals surface area contributed by atoms with Gasteiger partial charge in [0.1, 0.15) is 5.82 Å². The number of nitrogen functional groups attached to an aromatic ring is 1. The van der Waals surface area contributed by atoms with E-state index in [0.29, 0.717) is 11.6 Å². The summed E-state index contributed by atoms with van der Waals surface area (Å²) in [6.07, 6.45) is 2.90. The first kappa shape index (κ1) is 10.3. The average molecular weight is 217 g/mol. The quantitative estimate of drug-likeness (QED) is 0.763. The maximum Gasteiger partial charge on any atom is 0.253 e. The largest absolute Gasteiger partial charge is 0.384 e. The zero-order valence-electron chi connectivity index (χ0n) is 8.79. The third kappa shape index (κ3) is 2.22. The number of hydrogen-bond acceptors (Lipinski definition) is 5. The summed E-state index contributed by atoms with van der Waals surface area (Å²) in [6, 6.07) is 3.06. The molecule has 2 rings (SSSR count).